The lowest BCUT2D eigenvalue weighted by molar-refractivity contribution is -0.438. The van der Waals surface area contributed by atoms with Crippen LogP contribution < -0.4 is 4.90 Å². The van der Waals surface area contributed by atoms with E-state index >= 15 is 0 Å². The third-order valence-electron chi connectivity index (χ3n) is 8.53. The Kier molecular flexibility index (Phi) is 10.8. The molecule has 41 heavy (non-hydrogen) atoms. The van der Waals surface area contributed by atoms with Crippen LogP contribution in [-0.4, -0.2) is 35.4 Å². The summed E-state index contributed by atoms with van der Waals surface area (Å²) in [4.78, 5) is 4.81. The van der Waals surface area contributed by atoms with Gasteiger partial charge in [0.1, 0.15) is 6.54 Å². The minimum atomic E-state index is -0.0834. The number of hydrogen-bond donors (Lipinski definition) is 2. The fourth-order valence-electron chi connectivity index (χ4n) is 6.25. The molecule has 2 aliphatic heterocycles. The molecule has 0 saturated heterocycles. The van der Waals surface area contributed by atoms with E-state index in [0.717, 1.165) is 36.6 Å². The van der Waals surface area contributed by atoms with E-state index in [1.807, 2.05) is 17.8 Å². The number of benzene rings is 2. The van der Waals surface area contributed by atoms with Crippen molar-refractivity contribution in [2.75, 3.05) is 30.0 Å². The van der Waals surface area contributed by atoms with E-state index in [9.17, 15) is 0 Å². The first-order valence-electron chi connectivity index (χ1n) is 14.9. The molecule has 2 aromatic rings. The first kappa shape index (κ1) is 31.8. The van der Waals surface area contributed by atoms with Gasteiger partial charge in [-0.1, -0.05) is 38.2 Å². The second-order valence-corrected chi connectivity index (χ2v) is 13.9. The van der Waals surface area contributed by atoms with Crippen molar-refractivity contribution in [1.82, 2.24) is 0 Å². The Morgan fingerprint density at radius 1 is 0.927 bits per heavy atom. The Balaban J connectivity index is 1.61. The van der Waals surface area contributed by atoms with Crippen LogP contribution in [0, 0.1) is 0 Å². The van der Waals surface area contributed by atoms with Crippen molar-refractivity contribution in [1.29, 1.82) is 0 Å². The summed E-state index contributed by atoms with van der Waals surface area (Å²) in [5.74, 6) is 0.878. The van der Waals surface area contributed by atoms with Gasteiger partial charge in [0.05, 0.1) is 5.41 Å². The number of anilines is 1. The predicted octanol–water partition coefficient (Wildman–Crippen LogP) is 9.93. The molecule has 0 fully saturated rings. The molecule has 5 heteroatoms. The van der Waals surface area contributed by atoms with Gasteiger partial charge in [0, 0.05) is 57.3 Å². The highest BCUT2D eigenvalue weighted by Gasteiger charge is 2.44. The van der Waals surface area contributed by atoms with Crippen molar-refractivity contribution in [3.63, 3.8) is 0 Å². The number of thiol groups is 2. The molecule has 0 saturated carbocycles. The number of fused-ring (bicyclic) bond motifs is 2. The Hall–Kier alpha value is -2.08. The Morgan fingerprint density at radius 3 is 2.46 bits per heavy atom. The summed E-state index contributed by atoms with van der Waals surface area (Å²) in [5.41, 5.74) is 7.98. The van der Waals surface area contributed by atoms with Gasteiger partial charge in [-0.3, -0.25) is 0 Å². The second-order valence-electron chi connectivity index (χ2n) is 12.0. The van der Waals surface area contributed by atoms with E-state index in [1.165, 1.54) is 58.1 Å². The lowest BCUT2D eigenvalue weighted by Gasteiger charge is -2.26. The van der Waals surface area contributed by atoms with Crippen molar-refractivity contribution < 1.29 is 4.58 Å². The molecule has 2 heterocycles. The molecular formula is C36H47N2S3+. The highest BCUT2D eigenvalue weighted by molar-refractivity contribution is 7.98. The standard InChI is InChI=1S/C36H46N2S3/c1-7-8-9-10-14-22-37-32-21-19-28(41-6)26-30(32)36(4,5)34(37)17-13-11-12-16-33-35(2,3)29-25-27(40)18-20-31(29)38(33)23-15-24-39/h7,11-13,16-21,25-26H,1,8-10,14-15,22-24H2,2-6H3,(H-,39,40)/p+1. The predicted molar refractivity (Wildman–Crippen MR) is 189 cm³/mol. The molecule has 0 aromatic heterocycles. The maximum Gasteiger partial charge on any atom is 0.209 e. The van der Waals surface area contributed by atoms with E-state index < -0.39 is 0 Å². The van der Waals surface area contributed by atoms with Crippen LogP contribution in [0.25, 0.3) is 0 Å². The van der Waals surface area contributed by atoms with Gasteiger partial charge in [-0.05, 0) is 93.5 Å². The lowest BCUT2D eigenvalue weighted by Crippen LogP contribution is -2.28. The van der Waals surface area contributed by atoms with Crippen LogP contribution in [0.1, 0.15) is 70.9 Å². The van der Waals surface area contributed by atoms with Gasteiger partial charge in [0.15, 0.2) is 5.71 Å². The first-order valence-corrected chi connectivity index (χ1v) is 17.2. The molecule has 2 nitrogen and oxygen atoms in total. The molecule has 218 valence electrons. The number of allylic oxidation sites excluding steroid dienone is 7. The normalized spacial score (nSPS) is 18.2. The van der Waals surface area contributed by atoms with Gasteiger partial charge in [-0.15, -0.1) is 31.0 Å². The monoisotopic (exact) mass is 603 g/mol. The lowest BCUT2D eigenvalue weighted by atomic mass is 9.81. The van der Waals surface area contributed by atoms with Crippen LogP contribution in [0.3, 0.4) is 0 Å². The smallest absolute Gasteiger partial charge is 0.209 e. The van der Waals surface area contributed by atoms with Gasteiger partial charge < -0.3 is 4.90 Å². The molecular weight excluding hydrogens is 557 g/mol. The zero-order chi connectivity index (χ0) is 29.6. The summed E-state index contributed by atoms with van der Waals surface area (Å²) < 4.78 is 2.56. The molecule has 2 aliphatic rings. The Bertz CT molecular complexity index is 1380. The molecule has 0 bridgehead atoms. The number of thioether (sulfide) groups is 1. The van der Waals surface area contributed by atoms with Crippen LogP contribution in [0.15, 0.2) is 94.9 Å². The third-order valence-corrected chi connectivity index (χ3v) is 9.85. The number of rotatable bonds is 13. The molecule has 0 unspecified atom stereocenters. The van der Waals surface area contributed by atoms with Gasteiger partial charge in [0.2, 0.25) is 5.69 Å². The van der Waals surface area contributed by atoms with Crippen LogP contribution in [-0.2, 0) is 10.8 Å². The van der Waals surface area contributed by atoms with Gasteiger partial charge in [-0.25, -0.2) is 0 Å². The summed E-state index contributed by atoms with van der Waals surface area (Å²) in [6, 6.07) is 13.5. The summed E-state index contributed by atoms with van der Waals surface area (Å²) in [6.45, 7) is 15.3. The molecule has 0 radical (unpaired) electrons. The molecule has 0 amide bonds. The second kappa shape index (κ2) is 13.9. The number of unbranched alkanes of at least 4 members (excludes halogenated alkanes) is 3. The highest BCUT2D eigenvalue weighted by Crippen LogP contribution is 2.48. The number of nitrogens with zero attached hydrogens (tertiary/aromatic N) is 2. The topological polar surface area (TPSA) is 6.25 Å². The van der Waals surface area contributed by atoms with Crippen molar-refractivity contribution in [3.8, 4) is 0 Å². The fraction of sp³-hybridized carbons (Fsp3) is 0.417. The zero-order valence-corrected chi connectivity index (χ0v) is 28.1. The molecule has 0 N–H and O–H groups in total. The van der Waals surface area contributed by atoms with Crippen LogP contribution >= 0.6 is 37.0 Å². The van der Waals surface area contributed by atoms with Crippen molar-refractivity contribution >= 4 is 54.1 Å². The average molecular weight is 604 g/mol. The summed E-state index contributed by atoms with van der Waals surface area (Å²) in [5, 5.41) is 0. The molecule has 4 rings (SSSR count). The third kappa shape index (κ3) is 6.78. The van der Waals surface area contributed by atoms with E-state index in [0.29, 0.717) is 0 Å². The van der Waals surface area contributed by atoms with Crippen molar-refractivity contribution in [2.24, 2.45) is 0 Å². The van der Waals surface area contributed by atoms with E-state index in [4.69, 9.17) is 0 Å². The minimum Gasteiger partial charge on any atom is -0.344 e. The van der Waals surface area contributed by atoms with E-state index in [1.54, 1.807) is 0 Å². The quantitative estimate of drug-likeness (QED) is 0.0587. The maximum absolute atomic E-state index is 4.63. The van der Waals surface area contributed by atoms with Gasteiger partial charge in [0.25, 0.3) is 0 Å². The van der Waals surface area contributed by atoms with Crippen LogP contribution in [0.2, 0.25) is 0 Å². The molecule has 0 spiro atoms. The Labute approximate surface area is 264 Å². The van der Waals surface area contributed by atoms with Crippen molar-refractivity contribution in [3.05, 3.63) is 96.3 Å². The SMILES string of the molecule is C=CCCCCC[N+]1=C(/C=C/C=C/C=C2/N(CCCS)c3ccc(S)cc3C2(C)C)C(C)(C)c2cc(SC)ccc21. The van der Waals surface area contributed by atoms with E-state index in [-0.39, 0.29) is 10.8 Å². The highest BCUT2D eigenvalue weighted by atomic mass is 32.2. The molecule has 0 aliphatic carbocycles. The van der Waals surface area contributed by atoms with Gasteiger partial charge in [-0.2, -0.15) is 17.2 Å². The molecule has 2 aromatic carbocycles. The minimum absolute atomic E-state index is 0.0473. The average Bonchev–Trinajstić information content (AvgIpc) is 3.29. The van der Waals surface area contributed by atoms with Gasteiger partial charge >= 0.3 is 0 Å². The Morgan fingerprint density at radius 2 is 1.73 bits per heavy atom. The summed E-state index contributed by atoms with van der Waals surface area (Å²) in [6.07, 6.45) is 21.2. The summed E-state index contributed by atoms with van der Waals surface area (Å²) >= 11 is 10.9. The largest absolute Gasteiger partial charge is 0.344 e. The first-order chi connectivity index (χ1) is 19.7. The van der Waals surface area contributed by atoms with Crippen LogP contribution in [0.5, 0.6) is 0 Å². The summed E-state index contributed by atoms with van der Waals surface area (Å²) in [7, 11) is 0. The molecule has 0 atom stereocenters. The number of hydrogen-bond acceptors (Lipinski definition) is 4. The van der Waals surface area contributed by atoms with E-state index in [2.05, 4.69) is 142 Å². The van der Waals surface area contributed by atoms with Crippen LogP contribution in [0.4, 0.5) is 11.4 Å². The maximum atomic E-state index is 4.63. The zero-order valence-electron chi connectivity index (χ0n) is 25.5. The fourth-order valence-corrected chi connectivity index (χ4v) is 7.03. The van der Waals surface area contributed by atoms with Crippen molar-refractivity contribution in [2.45, 2.75) is 80.4 Å².